The van der Waals surface area contributed by atoms with E-state index in [0.29, 0.717) is 6.54 Å². The van der Waals surface area contributed by atoms with E-state index in [1.54, 1.807) is 18.5 Å². The highest BCUT2D eigenvalue weighted by Crippen LogP contribution is 2.18. The van der Waals surface area contributed by atoms with Crippen LogP contribution in [0.1, 0.15) is 12.0 Å². The van der Waals surface area contributed by atoms with E-state index in [2.05, 4.69) is 4.98 Å². The van der Waals surface area contributed by atoms with Gasteiger partial charge in [-0.1, -0.05) is 30.3 Å². The molecule has 0 radical (unpaired) electrons. The Kier molecular flexibility index (Phi) is 4.49. The molecule has 1 aliphatic heterocycles. The Morgan fingerprint density at radius 2 is 1.95 bits per heavy atom. The number of hydrogen-bond donors (Lipinski definition) is 0. The van der Waals surface area contributed by atoms with Crippen molar-refractivity contribution in [2.45, 2.75) is 12.5 Å². The van der Waals surface area contributed by atoms with Gasteiger partial charge in [0.1, 0.15) is 11.9 Å². The molecule has 1 unspecified atom stereocenters. The van der Waals surface area contributed by atoms with Gasteiger partial charge in [-0.3, -0.25) is 9.78 Å². The van der Waals surface area contributed by atoms with Crippen molar-refractivity contribution in [2.75, 3.05) is 13.1 Å². The van der Waals surface area contributed by atoms with Gasteiger partial charge < -0.3 is 9.64 Å². The number of nitrogens with zero attached hydrogens (tertiary/aromatic N) is 2. The number of likely N-dealkylation sites (tertiary alicyclic amines) is 1. The van der Waals surface area contributed by atoms with Crippen LogP contribution in [0.4, 0.5) is 0 Å². The maximum Gasteiger partial charge on any atom is 0.246 e. The third kappa shape index (κ3) is 3.73. The quantitative estimate of drug-likeness (QED) is 0.814. The van der Waals surface area contributed by atoms with E-state index >= 15 is 0 Å². The third-order valence-electron chi connectivity index (χ3n) is 3.63. The van der Waals surface area contributed by atoms with Crippen LogP contribution in [0.2, 0.25) is 0 Å². The molecule has 4 heteroatoms. The summed E-state index contributed by atoms with van der Waals surface area (Å²) in [5, 5.41) is 0. The van der Waals surface area contributed by atoms with Crippen LogP contribution in [-0.4, -0.2) is 35.0 Å². The minimum absolute atomic E-state index is 0.0321. The molecule has 0 saturated carbocycles. The smallest absolute Gasteiger partial charge is 0.246 e. The van der Waals surface area contributed by atoms with E-state index in [1.165, 1.54) is 0 Å². The van der Waals surface area contributed by atoms with Crippen LogP contribution >= 0.6 is 0 Å². The molecular weight excluding hydrogens is 276 g/mol. The van der Waals surface area contributed by atoms with Gasteiger partial charge in [-0.25, -0.2) is 0 Å². The van der Waals surface area contributed by atoms with Crippen molar-refractivity contribution >= 4 is 12.0 Å². The average molecular weight is 294 g/mol. The molecule has 1 aromatic heterocycles. The largest absolute Gasteiger partial charge is 0.488 e. The summed E-state index contributed by atoms with van der Waals surface area (Å²) in [5.74, 6) is 0.832. The summed E-state index contributed by atoms with van der Waals surface area (Å²) in [6, 6.07) is 13.5. The van der Waals surface area contributed by atoms with Crippen LogP contribution in [0.3, 0.4) is 0 Å². The number of ether oxygens (including phenoxy) is 1. The fourth-order valence-corrected chi connectivity index (χ4v) is 2.47. The van der Waals surface area contributed by atoms with Crippen molar-refractivity contribution in [1.29, 1.82) is 0 Å². The maximum absolute atomic E-state index is 12.2. The van der Waals surface area contributed by atoms with Crippen LogP contribution in [0.5, 0.6) is 5.75 Å². The van der Waals surface area contributed by atoms with Crippen LogP contribution in [0.25, 0.3) is 6.08 Å². The first-order valence-corrected chi connectivity index (χ1v) is 7.40. The molecule has 22 heavy (non-hydrogen) atoms. The number of carbonyl (C=O) groups excluding carboxylic acids is 1. The molecule has 0 spiro atoms. The highest BCUT2D eigenvalue weighted by molar-refractivity contribution is 5.92. The van der Waals surface area contributed by atoms with Crippen molar-refractivity contribution in [2.24, 2.45) is 0 Å². The summed E-state index contributed by atoms with van der Waals surface area (Å²) in [7, 11) is 0. The van der Waals surface area contributed by atoms with Gasteiger partial charge in [0.25, 0.3) is 0 Å². The number of pyridine rings is 1. The van der Waals surface area contributed by atoms with Crippen LogP contribution in [-0.2, 0) is 4.79 Å². The molecular formula is C18H18N2O2. The number of aromatic nitrogens is 1. The van der Waals surface area contributed by atoms with Crippen molar-refractivity contribution in [3.63, 3.8) is 0 Å². The van der Waals surface area contributed by atoms with E-state index in [1.807, 2.05) is 53.4 Å². The standard InChI is InChI=1S/C18H18N2O2/c21-18(7-6-15-4-2-1-3-5-15)20-13-10-17(14-20)22-16-8-11-19-12-9-16/h1-9,11-12,17H,10,13-14H2/b7-6+. The molecule has 112 valence electrons. The average Bonchev–Trinajstić information content (AvgIpc) is 3.03. The highest BCUT2D eigenvalue weighted by atomic mass is 16.5. The van der Waals surface area contributed by atoms with E-state index in [4.69, 9.17) is 4.74 Å². The third-order valence-corrected chi connectivity index (χ3v) is 3.63. The summed E-state index contributed by atoms with van der Waals surface area (Å²) in [6.07, 6.45) is 7.79. The lowest BCUT2D eigenvalue weighted by Gasteiger charge is -2.15. The molecule has 1 amide bonds. The second-order valence-electron chi connectivity index (χ2n) is 5.24. The monoisotopic (exact) mass is 294 g/mol. The van der Waals surface area contributed by atoms with Gasteiger partial charge in [-0.2, -0.15) is 0 Å². The SMILES string of the molecule is O=C(/C=C/c1ccccc1)N1CCC(Oc2ccncc2)C1. The van der Waals surface area contributed by atoms with Crippen molar-refractivity contribution in [3.05, 3.63) is 66.5 Å². The Balaban J connectivity index is 1.54. The first-order valence-electron chi connectivity index (χ1n) is 7.40. The lowest BCUT2D eigenvalue weighted by atomic mass is 10.2. The zero-order valence-corrected chi connectivity index (χ0v) is 12.3. The lowest BCUT2D eigenvalue weighted by Crippen LogP contribution is -2.29. The molecule has 1 aromatic carbocycles. The molecule has 1 fully saturated rings. The zero-order valence-electron chi connectivity index (χ0n) is 12.3. The zero-order chi connectivity index (χ0) is 15.2. The summed E-state index contributed by atoms with van der Waals surface area (Å²) in [6.45, 7) is 1.36. The topological polar surface area (TPSA) is 42.4 Å². The second-order valence-corrected chi connectivity index (χ2v) is 5.24. The molecule has 1 atom stereocenters. The Bertz CT molecular complexity index is 641. The van der Waals surface area contributed by atoms with E-state index < -0.39 is 0 Å². The number of benzene rings is 1. The van der Waals surface area contributed by atoms with Gasteiger partial charge in [0.2, 0.25) is 5.91 Å². The van der Waals surface area contributed by atoms with Gasteiger partial charge in [-0.05, 0) is 23.8 Å². The molecule has 2 aromatic rings. The summed E-state index contributed by atoms with van der Waals surface area (Å²) in [4.78, 5) is 18.0. The fourth-order valence-electron chi connectivity index (χ4n) is 2.47. The maximum atomic E-state index is 12.2. The fraction of sp³-hybridized carbons (Fsp3) is 0.222. The van der Waals surface area contributed by atoms with Gasteiger partial charge in [-0.15, -0.1) is 0 Å². The Morgan fingerprint density at radius 1 is 1.18 bits per heavy atom. The van der Waals surface area contributed by atoms with Gasteiger partial charge in [0, 0.05) is 31.4 Å². The number of amides is 1. The first kappa shape index (κ1) is 14.3. The van der Waals surface area contributed by atoms with Crippen molar-refractivity contribution in [1.82, 2.24) is 9.88 Å². The van der Waals surface area contributed by atoms with Crippen LogP contribution in [0.15, 0.2) is 60.9 Å². The van der Waals surface area contributed by atoms with E-state index in [0.717, 1.165) is 24.3 Å². The Morgan fingerprint density at radius 3 is 2.73 bits per heavy atom. The Hall–Kier alpha value is -2.62. The van der Waals surface area contributed by atoms with Gasteiger partial charge >= 0.3 is 0 Å². The summed E-state index contributed by atoms with van der Waals surface area (Å²) >= 11 is 0. The van der Waals surface area contributed by atoms with Crippen LogP contribution < -0.4 is 4.74 Å². The van der Waals surface area contributed by atoms with Gasteiger partial charge in [0.15, 0.2) is 0 Å². The molecule has 0 N–H and O–H groups in total. The normalized spacial score (nSPS) is 17.8. The molecule has 4 nitrogen and oxygen atoms in total. The first-order chi connectivity index (χ1) is 10.8. The highest BCUT2D eigenvalue weighted by Gasteiger charge is 2.26. The predicted octanol–water partition coefficient (Wildman–Crippen LogP) is 2.77. The van der Waals surface area contributed by atoms with Crippen LogP contribution in [0, 0.1) is 0 Å². The minimum Gasteiger partial charge on any atom is -0.488 e. The molecule has 0 bridgehead atoms. The van der Waals surface area contributed by atoms with E-state index in [-0.39, 0.29) is 12.0 Å². The molecule has 0 aliphatic carbocycles. The van der Waals surface area contributed by atoms with Gasteiger partial charge in [0.05, 0.1) is 6.54 Å². The van der Waals surface area contributed by atoms with Crippen molar-refractivity contribution < 1.29 is 9.53 Å². The molecule has 3 rings (SSSR count). The van der Waals surface area contributed by atoms with Crippen molar-refractivity contribution in [3.8, 4) is 5.75 Å². The number of rotatable bonds is 4. The predicted molar refractivity (Wildman–Crippen MR) is 85.3 cm³/mol. The van der Waals surface area contributed by atoms with E-state index in [9.17, 15) is 4.79 Å². The molecule has 2 heterocycles. The molecule has 1 aliphatic rings. The number of hydrogen-bond acceptors (Lipinski definition) is 3. The summed E-state index contributed by atoms with van der Waals surface area (Å²) < 4.78 is 5.86. The Labute approximate surface area is 130 Å². The lowest BCUT2D eigenvalue weighted by molar-refractivity contribution is -0.125. The molecule has 1 saturated heterocycles. The summed E-state index contributed by atoms with van der Waals surface area (Å²) in [5.41, 5.74) is 1.03. The number of carbonyl (C=O) groups is 1. The minimum atomic E-state index is 0.0321. The second kappa shape index (κ2) is 6.89.